The molecule has 0 aromatic rings. The Labute approximate surface area is 56.5 Å². The highest BCUT2D eigenvalue weighted by Crippen LogP contribution is 2.06. The lowest BCUT2D eigenvalue weighted by molar-refractivity contribution is 0.556. The van der Waals surface area contributed by atoms with Gasteiger partial charge in [-0.2, -0.15) is 0 Å². The lowest BCUT2D eigenvalue weighted by Crippen LogP contribution is -2.04. The summed E-state index contributed by atoms with van der Waals surface area (Å²) in [6.45, 7) is 1.92. The molecule has 1 N–H and O–H groups in total. The molecule has 0 saturated heterocycles. The number of hydrogen-bond acceptors (Lipinski definition) is 1. The molecule has 50 valence electrons. The molecule has 2 atom stereocenters. The van der Waals surface area contributed by atoms with Crippen LogP contribution in [0.3, 0.4) is 0 Å². The van der Waals surface area contributed by atoms with Crippen molar-refractivity contribution < 1.29 is 8.76 Å². The minimum atomic E-state index is -1.84. The van der Waals surface area contributed by atoms with E-state index < -0.39 is 15.8 Å². The molecule has 0 spiro atoms. The van der Waals surface area contributed by atoms with E-state index in [4.69, 9.17) is 16.2 Å². The van der Waals surface area contributed by atoms with Gasteiger partial charge in [0, 0.05) is 0 Å². The Kier molecular flexibility index (Phi) is 4.51. The summed E-state index contributed by atoms with van der Waals surface area (Å²) >= 11 is 3.52. The summed E-state index contributed by atoms with van der Waals surface area (Å²) in [5.41, 5.74) is 0. The highest BCUT2D eigenvalue weighted by molar-refractivity contribution is 7.81. The molecule has 0 aliphatic rings. The largest absolute Gasteiger partial charge is 0.305 e. The maximum atomic E-state index is 10.1. The molecule has 0 bridgehead atoms. The first-order valence-corrected chi connectivity index (χ1v) is 4.02. The molecule has 0 aliphatic heterocycles. The van der Waals surface area contributed by atoms with Gasteiger partial charge in [0.1, 0.15) is 4.71 Å². The molecular formula is C4H9ClO2S. The molecule has 0 aromatic carbocycles. The molecule has 0 radical (unpaired) electrons. The standard InChI is InChI=1S/C4H9ClO2S/c1-2-3-4(5)8(6)7/h4H,2-3H2,1H3,(H,6,7). The minimum absolute atomic E-state index is 0.583. The summed E-state index contributed by atoms with van der Waals surface area (Å²) in [4.78, 5) is 0. The zero-order chi connectivity index (χ0) is 6.57. The second kappa shape index (κ2) is 4.30. The quantitative estimate of drug-likeness (QED) is 0.498. The van der Waals surface area contributed by atoms with Crippen molar-refractivity contribution in [2.45, 2.75) is 24.5 Å². The van der Waals surface area contributed by atoms with Gasteiger partial charge in [0.15, 0.2) is 11.1 Å². The second-order valence-electron chi connectivity index (χ2n) is 1.47. The Morgan fingerprint density at radius 1 is 1.88 bits per heavy atom. The summed E-state index contributed by atoms with van der Waals surface area (Å²) in [5.74, 6) is 0. The van der Waals surface area contributed by atoms with Gasteiger partial charge in [0.2, 0.25) is 0 Å². The first kappa shape index (κ1) is 8.40. The molecule has 0 aromatic heterocycles. The highest BCUT2D eigenvalue weighted by atomic mass is 35.5. The van der Waals surface area contributed by atoms with E-state index in [9.17, 15) is 4.21 Å². The third kappa shape index (κ3) is 3.41. The van der Waals surface area contributed by atoms with E-state index in [-0.39, 0.29) is 0 Å². The third-order valence-electron chi connectivity index (χ3n) is 0.734. The van der Waals surface area contributed by atoms with E-state index >= 15 is 0 Å². The van der Waals surface area contributed by atoms with Gasteiger partial charge in [0.05, 0.1) is 0 Å². The van der Waals surface area contributed by atoms with Crippen LogP contribution in [0.4, 0.5) is 0 Å². The first-order valence-electron chi connectivity index (χ1n) is 2.42. The van der Waals surface area contributed by atoms with Gasteiger partial charge in [-0.25, -0.2) is 4.21 Å². The van der Waals surface area contributed by atoms with Gasteiger partial charge in [-0.05, 0) is 6.42 Å². The molecular weight excluding hydrogens is 148 g/mol. The molecule has 2 nitrogen and oxygen atoms in total. The van der Waals surface area contributed by atoms with Crippen LogP contribution in [-0.4, -0.2) is 13.5 Å². The molecule has 0 fully saturated rings. The SMILES string of the molecule is CCCC(Cl)S(=O)O. The lowest BCUT2D eigenvalue weighted by atomic mass is 10.4. The second-order valence-corrected chi connectivity index (χ2v) is 3.38. The fraction of sp³-hybridized carbons (Fsp3) is 1.00. The fourth-order valence-electron chi connectivity index (χ4n) is 0.328. The molecule has 2 unspecified atom stereocenters. The summed E-state index contributed by atoms with van der Waals surface area (Å²) in [5, 5.41) is 0. The first-order chi connectivity index (χ1) is 3.68. The molecule has 4 heteroatoms. The van der Waals surface area contributed by atoms with E-state index in [1.54, 1.807) is 0 Å². The molecule has 0 heterocycles. The van der Waals surface area contributed by atoms with E-state index in [1.807, 2.05) is 6.92 Å². The monoisotopic (exact) mass is 156 g/mol. The smallest absolute Gasteiger partial charge is 0.171 e. The van der Waals surface area contributed by atoms with Crippen LogP contribution in [0.5, 0.6) is 0 Å². The topological polar surface area (TPSA) is 37.3 Å². The van der Waals surface area contributed by atoms with Crippen molar-refractivity contribution >= 4 is 22.7 Å². The normalized spacial score (nSPS) is 17.9. The average molecular weight is 157 g/mol. The van der Waals surface area contributed by atoms with Gasteiger partial charge in [-0.3, -0.25) is 0 Å². The van der Waals surface area contributed by atoms with Crippen molar-refractivity contribution in [2.75, 3.05) is 0 Å². The molecule has 0 amide bonds. The summed E-state index contributed by atoms with van der Waals surface area (Å²) in [6.07, 6.45) is 1.45. The van der Waals surface area contributed by atoms with Crippen molar-refractivity contribution in [1.82, 2.24) is 0 Å². The molecule has 8 heavy (non-hydrogen) atoms. The van der Waals surface area contributed by atoms with Gasteiger partial charge in [-0.15, -0.1) is 11.6 Å². The summed E-state index contributed by atoms with van der Waals surface area (Å²) in [6, 6.07) is 0. The maximum absolute atomic E-state index is 10.1. The Hall–Kier alpha value is 0.400. The van der Waals surface area contributed by atoms with Crippen molar-refractivity contribution in [3.8, 4) is 0 Å². The lowest BCUT2D eigenvalue weighted by Gasteiger charge is -1.98. The van der Waals surface area contributed by atoms with Crippen LogP contribution in [0.25, 0.3) is 0 Å². The molecule has 0 aliphatic carbocycles. The number of hydrogen-bond donors (Lipinski definition) is 1. The highest BCUT2D eigenvalue weighted by Gasteiger charge is 2.07. The van der Waals surface area contributed by atoms with Gasteiger partial charge in [0.25, 0.3) is 0 Å². The van der Waals surface area contributed by atoms with Gasteiger partial charge in [-0.1, -0.05) is 13.3 Å². The van der Waals surface area contributed by atoms with Crippen molar-refractivity contribution in [1.29, 1.82) is 0 Å². The predicted octanol–water partition coefficient (Wildman–Crippen LogP) is 1.57. The molecule has 0 saturated carbocycles. The Morgan fingerprint density at radius 3 is 2.50 bits per heavy atom. The van der Waals surface area contributed by atoms with Crippen molar-refractivity contribution in [3.63, 3.8) is 0 Å². The van der Waals surface area contributed by atoms with Crippen LogP contribution >= 0.6 is 11.6 Å². The minimum Gasteiger partial charge on any atom is -0.305 e. The Morgan fingerprint density at radius 2 is 2.38 bits per heavy atom. The average Bonchev–Trinajstić information content (AvgIpc) is 1.67. The van der Waals surface area contributed by atoms with Gasteiger partial charge < -0.3 is 4.55 Å². The zero-order valence-corrected chi connectivity index (χ0v) is 6.21. The van der Waals surface area contributed by atoms with Crippen LogP contribution in [-0.2, 0) is 11.1 Å². The van der Waals surface area contributed by atoms with Crippen molar-refractivity contribution in [2.24, 2.45) is 0 Å². The van der Waals surface area contributed by atoms with E-state index in [0.717, 1.165) is 6.42 Å². The summed E-state index contributed by atoms with van der Waals surface area (Å²) < 4.78 is 17.8. The van der Waals surface area contributed by atoms with Crippen molar-refractivity contribution in [3.05, 3.63) is 0 Å². The number of alkyl halides is 1. The third-order valence-corrected chi connectivity index (χ3v) is 2.08. The fourth-order valence-corrected chi connectivity index (χ4v) is 0.983. The number of rotatable bonds is 3. The Bertz CT molecular complexity index is 86.1. The van der Waals surface area contributed by atoms with E-state index in [1.165, 1.54) is 0 Å². The number of halogens is 1. The maximum Gasteiger partial charge on any atom is 0.171 e. The zero-order valence-electron chi connectivity index (χ0n) is 4.63. The predicted molar refractivity (Wildman–Crippen MR) is 35.3 cm³/mol. The van der Waals surface area contributed by atoms with Crippen LogP contribution in [0.2, 0.25) is 0 Å². The van der Waals surface area contributed by atoms with E-state index in [0.29, 0.717) is 6.42 Å². The van der Waals surface area contributed by atoms with E-state index in [2.05, 4.69) is 0 Å². The Balaban J connectivity index is 3.32. The van der Waals surface area contributed by atoms with Crippen LogP contribution in [0.15, 0.2) is 0 Å². The van der Waals surface area contributed by atoms with Crippen LogP contribution in [0, 0.1) is 0 Å². The van der Waals surface area contributed by atoms with Crippen LogP contribution < -0.4 is 0 Å². The van der Waals surface area contributed by atoms with Crippen LogP contribution in [0.1, 0.15) is 19.8 Å². The molecule has 0 rings (SSSR count). The summed E-state index contributed by atoms with van der Waals surface area (Å²) in [7, 11) is 0. The van der Waals surface area contributed by atoms with Gasteiger partial charge >= 0.3 is 0 Å².